The van der Waals surface area contributed by atoms with Gasteiger partial charge >= 0.3 is 6.18 Å². The van der Waals surface area contributed by atoms with E-state index in [0.29, 0.717) is 41.9 Å². The van der Waals surface area contributed by atoms with Gasteiger partial charge in [0.25, 0.3) is 6.01 Å². The summed E-state index contributed by atoms with van der Waals surface area (Å²) < 4.78 is 54.3. The van der Waals surface area contributed by atoms with Gasteiger partial charge in [0.15, 0.2) is 5.60 Å². The summed E-state index contributed by atoms with van der Waals surface area (Å²) in [6, 6.07) is 12.8. The summed E-state index contributed by atoms with van der Waals surface area (Å²) in [5.41, 5.74) is 1.06. The Bertz CT molecular complexity index is 1270. The van der Waals surface area contributed by atoms with E-state index in [1.165, 1.54) is 10.7 Å². The van der Waals surface area contributed by atoms with Crippen LogP contribution in [0.2, 0.25) is 0 Å². The fourth-order valence-corrected chi connectivity index (χ4v) is 3.72. The third kappa shape index (κ3) is 4.28. The van der Waals surface area contributed by atoms with Crippen LogP contribution < -0.4 is 9.47 Å². The lowest BCUT2D eigenvalue weighted by Gasteiger charge is -2.22. The fourth-order valence-electron chi connectivity index (χ4n) is 3.72. The number of rotatable bonds is 5. The van der Waals surface area contributed by atoms with Gasteiger partial charge in [-0.15, -0.1) is 5.10 Å². The molecule has 0 bridgehead atoms. The van der Waals surface area contributed by atoms with Crippen molar-refractivity contribution in [1.29, 1.82) is 0 Å². The van der Waals surface area contributed by atoms with Gasteiger partial charge in [-0.25, -0.2) is 9.67 Å². The molecule has 0 unspecified atom stereocenters. The SMILES string of the molecule is Cc1cn2c(n1)O[C@@](C)(COc1ccc(-n3cc(-c4cccc(C(F)(F)F)c4)nn3)cc1)C2. The van der Waals surface area contributed by atoms with Crippen molar-refractivity contribution in [1.82, 2.24) is 24.5 Å². The molecule has 10 heteroatoms. The molecule has 0 N–H and O–H groups in total. The molecule has 33 heavy (non-hydrogen) atoms. The maximum atomic E-state index is 13.0. The number of hydrogen-bond donors (Lipinski definition) is 0. The minimum Gasteiger partial charge on any atom is -0.489 e. The molecule has 0 radical (unpaired) electrons. The van der Waals surface area contributed by atoms with Crippen molar-refractivity contribution in [2.24, 2.45) is 0 Å². The molecule has 1 aliphatic rings. The number of alkyl halides is 3. The Labute approximate surface area is 187 Å². The lowest BCUT2D eigenvalue weighted by atomic mass is 10.1. The summed E-state index contributed by atoms with van der Waals surface area (Å²) in [5, 5.41) is 8.06. The first-order valence-corrected chi connectivity index (χ1v) is 10.2. The molecule has 0 fully saturated rings. The van der Waals surface area contributed by atoms with Crippen molar-refractivity contribution in [2.45, 2.75) is 32.2 Å². The normalized spacial score (nSPS) is 17.6. The van der Waals surface area contributed by atoms with E-state index in [2.05, 4.69) is 15.3 Å². The molecule has 2 aromatic heterocycles. The smallest absolute Gasteiger partial charge is 0.416 e. The lowest BCUT2D eigenvalue weighted by molar-refractivity contribution is -0.137. The van der Waals surface area contributed by atoms with E-state index in [1.54, 1.807) is 36.5 Å². The highest BCUT2D eigenvalue weighted by Gasteiger charge is 2.37. The molecule has 5 rings (SSSR count). The van der Waals surface area contributed by atoms with Gasteiger partial charge in [0.2, 0.25) is 0 Å². The van der Waals surface area contributed by atoms with Crippen molar-refractivity contribution in [2.75, 3.05) is 6.61 Å². The Morgan fingerprint density at radius 3 is 2.64 bits per heavy atom. The summed E-state index contributed by atoms with van der Waals surface area (Å²) in [6.07, 6.45) is -0.884. The van der Waals surface area contributed by atoms with E-state index >= 15 is 0 Å². The van der Waals surface area contributed by atoms with Crippen LogP contribution in [0.5, 0.6) is 11.8 Å². The van der Waals surface area contributed by atoms with Crippen molar-refractivity contribution >= 4 is 0 Å². The fraction of sp³-hybridized carbons (Fsp3) is 0.261. The van der Waals surface area contributed by atoms with Gasteiger partial charge in [-0.05, 0) is 50.2 Å². The number of nitrogens with zero attached hydrogens (tertiary/aromatic N) is 5. The van der Waals surface area contributed by atoms with E-state index in [-0.39, 0.29) is 0 Å². The standard InChI is InChI=1S/C23H20F3N5O2/c1-15-11-30-13-22(2,33-21(30)27-15)14-32-19-8-6-18(7-9-19)31-12-20(28-29-31)16-4-3-5-17(10-16)23(24,25)26/h3-12H,13-14H2,1-2H3/t22-/m1/s1. The van der Waals surface area contributed by atoms with E-state index in [0.717, 1.165) is 17.8 Å². The third-order valence-electron chi connectivity index (χ3n) is 5.33. The molecule has 1 atom stereocenters. The average Bonchev–Trinajstić information content (AvgIpc) is 3.46. The Morgan fingerprint density at radius 2 is 1.91 bits per heavy atom. The molecule has 0 saturated heterocycles. The Hall–Kier alpha value is -3.82. The van der Waals surface area contributed by atoms with Crippen LogP contribution in [0.1, 0.15) is 18.2 Å². The van der Waals surface area contributed by atoms with Crippen molar-refractivity contribution in [3.8, 4) is 28.7 Å². The molecule has 0 spiro atoms. The number of imidazole rings is 1. The van der Waals surface area contributed by atoms with Gasteiger partial charge < -0.3 is 9.47 Å². The molecule has 0 aliphatic carbocycles. The maximum Gasteiger partial charge on any atom is 0.416 e. The molecule has 1 aliphatic heterocycles. The minimum atomic E-state index is -4.41. The van der Waals surface area contributed by atoms with Crippen LogP contribution >= 0.6 is 0 Å². The molecule has 2 aromatic carbocycles. The number of hydrogen-bond acceptors (Lipinski definition) is 5. The molecule has 170 valence electrons. The Balaban J connectivity index is 1.25. The second kappa shape index (κ2) is 7.65. The first kappa shape index (κ1) is 21.0. The zero-order valence-corrected chi connectivity index (χ0v) is 17.9. The van der Waals surface area contributed by atoms with Crippen LogP contribution in [0.25, 0.3) is 16.9 Å². The third-order valence-corrected chi connectivity index (χ3v) is 5.33. The van der Waals surface area contributed by atoms with Crippen LogP contribution in [0.3, 0.4) is 0 Å². The minimum absolute atomic E-state index is 0.344. The number of halogens is 3. The topological polar surface area (TPSA) is 67.0 Å². The molecule has 3 heterocycles. The first-order valence-electron chi connectivity index (χ1n) is 10.2. The Morgan fingerprint density at radius 1 is 1.12 bits per heavy atom. The zero-order chi connectivity index (χ0) is 23.2. The predicted molar refractivity (Wildman–Crippen MR) is 113 cm³/mol. The van der Waals surface area contributed by atoms with Crippen LogP contribution in [-0.2, 0) is 12.7 Å². The van der Waals surface area contributed by atoms with E-state index < -0.39 is 17.3 Å². The van der Waals surface area contributed by atoms with Crippen molar-refractivity contribution in [3.05, 3.63) is 72.2 Å². The van der Waals surface area contributed by atoms with Crippen molar-refractivity contribution in [3.63, 3.8) is 0 Å². The number of ether oxygens (including phenoxy) is 2. The number of benzene rings is 2. The van der Waals surface area contributed by atoms with Crippen LogP contribution in [0.4, 0.5) is 13.2 Å². The number of aryl methyl sites for hydroxylation is 1. The molecule has 7 nitrogen and oxygen atoms in total. The van der Waals surface area contributed by atoms with Gasteiger partial charge in [0, 0.05) is 11.8 Å². The molecular weight excluding hydrogens is 435 g/mol. The monoisotopic (exact) mass is 455 g/mol. The highest BCUT2D eigenvalue weighted by atomic mass is 19.4. The average molecular weight is 455 g/mol. The first-order chi connectivity index (χ1) is 15.7. The molecule has 0 saturated carbocycles. The summed E-state index contributed by atoms with van der Waals surface area (Å²) in [6.45, 7) is 4.88. The van der Waals surface area contributed by atoms with Crippen LogP contribution in [0, 0.1) is 6.92 Å². The van der Waals surface area contributed by atoms with Gasteiger partial charge in [0.05, 0.1) is 29.7 Å². The summed E-state index contributed by atoms with van der Waals surface area (Å²) in [5.74, 6) is 0.655. The highest BCUT2D eigenvalue weighted by molar-refractivity contribution is 5.59. The predicted octanol–water partition coefficient (Wildman–Crippen LogP) is 4.69. The number of fused-ring (bicyclic) bond motifs is 1. The van der Waals surface area contributed by atoms with E-state index in [1.807, 2.05) is 24.6 Å². The maximum absolute atomic E-state index is 13.0. The van der Waals surface area contributed by atoms with Gasteiger partial charge in [-0.3, -0.25) is 4.57 Å². The van der Waals surface area contributed by atoms with Gasteiger partial charge in [0.1, 0.15) is 18.1 Å². The lowest BCUT2D eigenvalue weighted by Crippen LogP contribution is -2.38. The highest BCUT2D eigenvalue weighted by Crippen LogP contribution is 2.32. The van der Waals surface area contributed by atoms with E-state index in [9.17, 15) is 13.2 Å². The largest absolute Gasteiger partial charge is 0.489 e. The zero-order valence-electron chi connectivity index (χ0n) is 17.9. The quantitative estimate of drug-likeness (QED) is 0.437. The molecular formula is C23H20F3N5O2. The van der Waals surface area contributed by atoms with Crippen LogP contribution in [0.15, 0.2) is 60.9 Å². The van der Waals surface area contributed by atoms with Crippen LogP contribution in [-0.4, -0.2) is 36.8 Å². The van der Waals surface area contributed by atoms with E-state index in [4.69, 9.17) is 9.47 Å². The summed E-state index contributed by atoms with van der Waals surface area (Å²) in [4.78, 5) is 4.34. The second-order valence-corrected chi connectivity index (χ2v) is 8.25. The van der Waals surface area contributed by atoms with Gasteiger partial charge in [-0.1, -0.05) is 17.3 Å². The summed E-state index contributed by atoms with van der Waals surface area (Å²) >= 11 is 0. The molecule has 4 aromatic rings. The second-order valence-electron chi connectivity index (χ2n) is 8.25. The number of aromatic nitrogens is 5. The van der Waals surface area contributed by atoms with Gasteiger partial charge in [-0.2, -0.15) is 13.2 Å². The Kier molecular flexibility index (Phi) is 4.88. The summed E-state index contributed by atoms with van der Waals surface area (Å²) in [7, 11) is 0. The molecule has 0 amide bonds. The van der Waals surface area contributed by atoms with Crippen molar-refractivity contribution < 1.29 is 22.6 Å².